The number of nitrogens with two attached hydrogens (primary N) is 1. The molecule has 2 rings (SSSR count). The molecule has 1 aromatic carbocycles. The summed E-state index contributed by atoms with van der Waals surface area (Å²) in [7, 11) is 1.61. The number of halogens is 1. The number of allylic oxidation sites excluding steroid dienone is 1. The first kappa shape index (κ1) is 21.0. The molecule has 0 aromatic heterocycles. The number of carbonyl (C=O) groups excluding carboxylic acids is 1. The van der Waals surface area contributed by atoms with Gasteiger partial charge in [0.1, 0.15) is 17.9 Å². The number of aliphatic imine (C=N–C) groups is 1. The number of anilines is 1. The minimum atomic E-state index is 0.0901. The molecule has 0 spiro atoms. The Bertz CT molecular complexity index is 614. The molecule has 1 aliphatic rings. The number of ether oxygens (including phenoxy) is 1. The zero-order valence-corrected chi connectivity index (χ0v) is 15.3. The van der Waals surface area contributed by atoms with Crippen molar-refractivity contribution in [2.45, 2.75) is 6.92 Å². The van der Waals surface area contributed by atoms with Crippen LogP contribution in [0.15, 0.2) is 35.0 Å². The van der Waals surface area contributed by atoms with Gasteiger partial charge >= 0.3 is 0 Å². The van der Waals surface area contributed by atoms with Crippen molar-refractivity contribution in [2.24, 2.45) is 10.7 Å². The van der Waals surface area contributed by atoms with Crippen molar-refractivity contribution < 1.29 is 14.6 Å². The van der Waals surface area contributed by atoms with Crippen LogP contribution in [-0.2, 0) is 9.53 Å². The minimum Gasteiger partial charge on any atom is -0.506 e. The largest absolute Gasteiger partial charge is 0.506 e. The predicted octanol–water partition coefficient (Wildman–Crippen LogP) is 1.87. The zero-order chi connectivity index (χ0) is 18.7. The lowest BCUT2D eigenvalue weighted by atomic mass is 10.2. The molecule has 7 nitrogen and oxygen atoms in total. The van der Waals surface area contributed by atoms with Crippen LogP contribution < -0.4 is 11.1 Å². The molecule has 0 aliphatic carbocycles. The average Bonchev–Trinajstić information content (AvgIpc) is 2.59. The van der Waals surface area contributed by atoms with Gasteiger partial charge in [0.2, 0.25) is 0 Å². The van der Waals surface area contributed by atoms with Gasteiger partial charge in [0.05, 0.1) is 25.4 Å². The van der Waals surface area contributed by atoms with Crippen molar-refractivity contribution in [3.63, 3.8) is 0 Å². The molecule has 1 saturated heterocycles. The van der Waals surface area contributed by atoms with E-state index in [-0.39, 0.29) is 5.75 Å². The second kappa shape index (κ2) is 11.5. The van der Waals surface area contributed by atoms with Gasteiger partial charge in [0, 0.05) is 36.9 Å². The Morgan fingerprint density at radius 1 is 1.48 bits per heavy atom. The number of aromatic hydroxyl groups is 1. The van der Waals surface area contributed by atoms with Crippen LogP contribution >= 0.6 is 11.6 Å². The Balaban J connectivity index is 0.000000293. The van der Waals surface area contributed by atoms with Gasteiger partial charge in [-0.1, -0.05) is 11.6 Å². The summed E-state index contributed by atoms with van der Waals surface area (Å²) in [5.41, 5.74) is 6.89. The molecule has 138 valence electrons. The summed E-state index contributed by atoms with van der Waals surface area (Å²) in [5, 5.41) is 13.1. The van der Waals surface area contributed by atoms with Crippen LogP contribution in [0.2, 0.25) is 5.02 Å². The maximum atomic E-state index is 9.99. The molecule has 0 radical (unpaired) electrons. The molecular weight excluding hydrogens is 344 g/mol. The van der Waals surface area contributed by atoms with Gasteiger partial charge in [-0.2, -0.15) is 0 Å². The predicted molar refractivity (Wildman–Crippen MR) is 101 cm³/mol. The lowest BCUT2D eigenvalue weighted by molar-refractivity contribution is -0.109. The summed E-state index contributed by atoms with van der Waals surface area (Å²) >= 11 is 5.72. The van der Waals surface area contributed by atoms with Crippen LogP contribution in [0.1, 0.15) is 6.92 Å². The number of nitrogens with zero attached hydrogens (tertiary/aromatic N) is 2. The molecule has 0 amide bonds. The first-order chi connectivity index (χ1) is 12.0. The van der Waals surface area contributed by atoms with Crippen LogP contribution in [0.25, 0.3) is 0 Å². The van der Waals surface area contributed by atoms with Crippen molar-refractivity contribution in [2.75, 3.05) is 45.2 Å². The van der Waals surface area contributed by atoms with Gasteiger partial charge in [-0.3, -0.25) is 9.89 Å². The molecular formula is C17H25ClN4O3. The molecule has 0 saturated carbocycles. The van der Waals surface area contributed by atoms with E-state index in [1.165, 1.54) is 6.07 Å². The van der Waals surface area contributed by atoms with E-state index in [4.69, 9.17) is 22.1 Å². The third-order valence-corrected chi connectivity index (χ3v) is 3.59. The minimum absolute atomic E-state index is 0.0901. The standard InChI is InChI=1S/C11H14ClN3O.C6H11NO2/c1-7(5-11(13)14-2)15-9-4-3-8(12)6-10(9)16;8-4-1-7-2-5-9-6-3-7/h3-6,15-16H,1-2H3,(H2,13,14);4H,1-3,5-6H2/b7-5-;. The first-order valence-corrected chi connectivity index (χ1v) is 8.24. The average molecular weight is 369 g/mol. The summed E-state index contributed by atoms with van der Waals surface area (Å²) in [4.78, 5) is 15.9. The second-order valence-electron chi connectivity index (χ2n) is 5.34. The smallest absolute Gasteiger partial charge is 0.140 e. The van der Waals surface area contributed by atoms with E-state index in [9.17, 15) is 9.90 Å². The van der Waals surface area contributed by atoms with Crippen molar-refractivity contribution in [1.29, 1.82) is 0 Å². The number of nitrogens with one attached hydrogen (secondary N) is 1. The van der Waals surface area contributed by atoms with E-state index in [0.717, 1.165) is 38.3 Å². The fraction of sp³-hybridized carbons (Fsp3) is 0.412. The van der Waals surface area contributed by atoms with E-state index in [1.807, 2.05) is 6.92 Å². The van der Waals surface area contributed by atoms with Crippen LogP contribution in [-0.4, -0.2) is 62.0 Å². The van der Waals surface area contributed by atoms with Crippen molar-refractivity contribution >= 4 is 29.4 Å². The third-order valence-electron chi connectivity index (χ3n) is 3.35. The molecule has 25 heavy (non-hydrogen) atoms. The number of phenolic OH excluding ortho intramolecular Hbond substituents is 1. The Morgan fingerprint density at radius 2 is 2.16 bits per heavy atom. The summed E-state index contributed by atoms with van der Waals surface area (Å²) in [5.74, 6) is 0.505. The molecule has 0 unspecified atom stereocenters. The van der Waals surface area contributed by atoms with Gasteiger partial charge < -0.3 is 25.7 Å². The monoisotopic (exact) mass is 368 g/mol. The van der Waals surface area contributed by atoms with E-state index in [1.54, 1.807) is 25.3 Å². The van der Waals surface area contributed by atoms with E-state index < -0.39 is 0 Å². The Morgan fingerprint density at radius 3 is 2.72 bits per heavy atom. The maximum Gasteiger partial charge on any atom is 0.140 e. The van der Waals surface area contributed by atoms with E-state index >= 15 is 0 Å². The summed E-state index contributed by atoms with van der Waals surface area (Å²) in [6.07, 6.45) is 2.61. The van der Waals surface area contributed by atoms with E-state index in [2.05, 4.69) is 15.2 Å². The molecule has 0 atom stereocenters. The van der Waals surface area contributed by atoms with Crippen LogP contribution in [0.5, 0.6) is 5.75 Å². The number of hydrogen-bond acceptors (Lipinski definition) is 6. The molecule has 1 heterocycles. The summed E-state index contributed by atoms with van der Waals surface area (Å²) < 4.78 is 5.09. The lowest BCUT2D eigenvalue weighted by Crippen LogP contribution is -2.37. The SMILES string of the molecule is CN=C(N)/C=C(/C)Nc1ccc(Cl)cc1O.O=CCN1CCOCC1. The van der Waals surface area contributed by atoms with Crippen molar-refractivity contribution in [3.05, 3.63) is 35.0 Å². The van der Waals surface area contributed by atoms with Gasteiger partial charge in [-0.05, 0) is 25.1 Å². The lowest BCUT2D eigenvalue weighted by Gasteiger charge is -2.23. The number of benzene rings is 1. The highest BCUT2D eigenvalue weighted by Gasteiger charge is 2.07. The zero-order valence-electron chi connectivity index (χ0n) is 14.5. The molecule has 4 N–H and O–H groups in total. The topological polar surface area (TPSA) is 100 Å². The number of hydrogen-bond donors (Lipinski definition) is 3. The van der Waals surface area contributed by atoms with Gasteiger partial charge in [0.15, 0.2) is 0 Å². The molecule has 0 bridgehead atoms. The number of phenols is 1. The highest BCUT2D eigenvalue weighted by molar-refractivity contribution is 6.30. The number of rotatable bonds is 5. The summed E-state index contributed by atoms with van der Waals surface area (Å²) in [6, 6.07) is 4.84. The summed E-state index contributed by atoms with van der Waals surface area (Å²) in [6.45, 7) is 5.73. The fourth-order valence-electron chi connectivity index (χ4n) is 2.03. The number of aldehydes is 1. The second-order valence-corrected chi connectivity index (χ2v) is 5.78. The van der Waals surface area contributed by atoms with Gasteiger partial charge in [0.25, 0.3) is 0 Å². The molecule has 1 fully saturated rings. The Labute approximate surface area is 153 Å². The van der Waals surface area contributed by atoms with Crippen LogP contribution in [0.4, 0.5) is 5.69 Å². The van der Waals surface area contributed by atoms with Crippen LogP contribution in [0, 0.1) is 0 Å². The first-order valence-electron chi connectivity index (χ1n) is 7.86. The normalized spacial score (nSPS) is 16.0. The van der Waals surface area contributed by atoms with E-state index in [0.29, 0.717) is 23.1 Å². The number of morpholine rings is 1. The van der Waals surface area contributed by atoms with Crippen LogP contribution in [0.3, 0.4) is 0 Å². The van der Waals surface area contributed by atoms with Crippen molar-refractivity contribution in [3.8, 4) is 5.75 Å². The molecule has 1 aromatic rings. The maximum absolute atomic E-state index is 9.99. The van der Waals surface area contributed by atoms with Gasteiger partial charge in [-0.25, -0.2) is 0 Å². The van der Waals surface area contributed by atoms with Gasteiger partial charge in [-0.15, -0.1) is 0 Å². The van der Waals surface area contributed by atoms with Crippen molar-refractivity contribution in [1.82, 2.24) is 4.90 Å². The molecule has 8 heteroatoms. The third kappa shape index (κ3) is 8.53. The highest BCUT2D eigenvalue weighted by atomic mass is 35.5. The Hall–Kier alpha value is -2.09. The highest BCUT2D eigenvalue weighted by Crippen LogP contribution is 2.27. The number of amidine groups is 1. The molecule has 1 aliphatic heterocycles. The quantitative estimate of drug-likeness (QED) is 0.317. The number of carbonyl (C=O) groups is 1. The Kier molecular flexibility index (Phi) is 9.61. The fourth-order valence-corrected chi connectivity index (χ4v) is 2.20.